The second kappa shape index (κ2) is 10.2. The summed E-state index contributed by atoms with van der Waals surface area (Å²) in [5.74, 6) is -0.297. The largest absolute Gasteiger partial charge is 0.382 e. The fourth-order valence-corrected chi connectivity index (χ4v) is 2.89. The van der Waals surface area contributed by atoms with Crippen molar-refractivity contribution >= 4 is 11.6 Å². The van der Waals surface area contributed by atoms with E-state index in [9.17, 15) is 8.78 Å². The summed E-state index contributed by atoms with van der Waals surface area (Å²) in [6.07, 6.45) is 1.67. The Morgan fingerprint density at radius 2 is 2.08 bits per heavy atom. The molecule has 2 rings (SSSR count). The molecule has 0 saturated carbocycles. The van der Waals surface area contributed by atoms with E-state index in [0.717, 1.165) is 25.3 Å². The van der Waals surface area contributed by atoms with Crippen molar-refractivity contribution < 1.29 is 13.5 Å². The van der Waals surface area contributed by atoms with E-state index in [1.807, 2.05) is 13.8 Å². The number of nitrogens with one attached hydrogen (secondary N) is 2. The molecule has 1 saturated heterocycles. The molecular weight excluding hydrogens is 326 g/mol. The van der Waals surface area contributed by atoms with Crippen molar-refractivity contribution in [2.45, 2.75) is 32.7 Å². The Morgan fingerprint density at radius 3 is 2.76 bits per heavy atom. The summed E-state index contributed by atoms with van der Waals surface area (Å²) < 4.78 is 33.2. The van der Waals surface area contributed by atoms with Gasteiger partial charge in [-0.15, -0.1) is 0 Å². The number of benzene rings is 1. The van der Waals surface area contributed by atoms with Crippen molar-refractivity contribution in [2.24, 2.45) is 4.99 Å². The van der Waals surface area contributed by atoms with Crippen LogP contribution in [-0.2, 0) is 4.74 Å². The highest BCUT2D eigenvalue weighted by Gasteiger charge is 2.27. The van der Waals surface area contributed by atoms with Gasteiger partial charge in [-0.3, -0.25) is 4.99 Å². The molecule has 0 aromatic heterocycles. The van der Waals surface area contributed by atoms with E-state index in [1.54, 1.807) is 4.90 Å². The zero-order valence-electron chi connectivity index (χ0n) is 15.0. The lowest BCUT2D eigenvalue weighted by molar-refractivity contribution is 0.146. The number of nitrogens with zero attached hydrogens (tertiary/aromatic N) is 2. The van der Waals surface area contributed by atoms with Crippen LogP contribution in [0.1, 0.15) is 26.7 Å². The van der Waals surface area contributed by atoms with Crippen LogP contribution in [0.25, 0.3) is 0 Å². The first-order valence-corrected chi connectivity index (χ1v) is 8.97. The normalized spacial score (nSPS) is 17.8. The van der Waals surface area contributed by atoms with Gasteiger partial charge in [0.15, 0.2) is 5.96 Å². The molecule has 1 aliphatic rings. The van der Waals surface area contributed by atoms with E-state index in [1.165, 1.54) is 18.2 Å². The third kappa shape index (κ3) is 5.85. The number of anilines is 1. The van der Waals surface area contributed by atoms with Crippen LogP contribution in [0.2, 0.25) is 0 Å². The van der Waals surface area contributed by atoms with Crippen LogP contribution in [0.5, 0.6) is 0 Å². The molecule has 2 N–H and O–H groups in total. The molecule has 5 nitrogen and oxygen atoms in total. The molecule has 0 bridgehead atoms. The molecule has 0 spiro atoms. The van der Waals surface area contributed by atoms with Crippen molar-refractivity contribution in [3.8, 4) is 0 Å². The van der Waals surface area contributed by atoms with E-state index in [-0.39, 0.29) is 11.7 Å². The Balaban J connectivity index is 1.90. The molecule has 1 heterocycles. The van der Waals surface area contributed by atoms with Crippen LogP contribution >= 0.6 is 0 Å². The molecular formula is C18H28F2N4O. The molecule has 1 fully saturated rings. The summed E-state index contributed by atoms with van der Waals surface area (Å²) >= 11 is 0. The quantitative estimate of drug-likeness (QED) is 0.428. The number of ether oxygens (including phenoxy) is 1. The molecule has 7 heteroatoms. The SMILES string of the molecule is CCNC(=NCCCOCC)NC1CCN(c2c(F)cccc2F)C1. The van der Waals surface area contributed by atoms with Crippen LogP contribution < -0.4 is 15.5 Å². The van der Waals surface area contributed by atoms with Gasteiger partial charge in [0.1, 0.15) is 17.3 Å². The average Bonchev–Trinajstić information content (AvgIpc) is 3.02. The van der Waals surface area contributed by atoms with Gasteiger partial charge in [-0.2, -0.15) is 0 Å². The lowest BCUT2D eigenvalue weighted by atomic mass is 10.2. The Morgan fingerprint density at radius 1 is 1.32 bits per heavy atom. The molecule has 0 radical (unpaired) electrons. The zero-order chi connectivity index (χ0) is 18.1. The summed E-state index contributed by atoms with van der Waals surface area (Å²) in [6, 6.07) is 4.08. The molecule has 0 aliphatic carbocycles. The Kier molecular flexibility index (Phi) is 7.91. The minimum Gasteiger partial charge on any atom is -0.382 e. The van der Waals surface area contributed by atoms with Crippen molar-refractivity contribution in [3.63, 3.8) is 0 Å². The van der Waals surface area contributed by atoms with Crippen LogP contribution in [0.4, 0.5) is 14.5 Å². The minimum atomic E-state index is -0.517. The average molecular weight is 354 g/mol. The second-order valence-electron chi connectivity index (χ2n) is 5.96. The lowest BCUT2D eigenvalue weighted by Crippen LogP contribution is -2.44. The molecule has 1 unspecified atom stereocenters. The zero-order valence-corrected chi connectivity index (χ0v) is 15.0. The van der Waals surface area contributed by atoms with E-state index in [4.69, 9.17) is 4.74 Å². The Hall–Kier alpha value is -1.89. The fraction of sp³-hybridized carbons (Fsp3) is 0.611. The van der Waals surface area contributed by atoms with E-state index in [2.05, 4.69) is 15.6 Å². The predicted molar refractivity (Wildman–Crippen MR) is 97.2 cm³/mol. The monoisotopic (exact) mass is 354 g/mol. The lowest BCUT2D eigenvalue weighted by Gasteiger charge is -2.21. The van der Waals surface area contributed by atoms with Gasteiger partial charge in [0, 0.05) is 45.4 Å². The van der Waals surface area contributed by atoms with Crippen molar-refractivity contribution in [2.75, 3.05) is 44.3 Å². The first kappa shape index (κ1) is 19.4. The highest BCUT2D eigenvalue weighted by molar-refractivity contribution is 5.80. The first-order chi connectivity index (χ1) is 12.2. The molecule has 1 aromatic carbocycles. The number of para-hydroxylation sites is 1. The summed E-state index contributed by atoms with van der Waals surface area (Å²) in [5, 5.41) is 6.57. The Bertz CT molecular complexity index is 548. The van der Waals surface area contributed by atoms with Crippen molar-refractivity contribution in [1.82, 2.24) is 10.6 Å². The fourth-order valence-electron chi connectivity index (χ4n) is 2.89. The van der Waals surface area contributed by atoms with Gasteiger partial charge in [0.25, 0.3) is 0 Å². The number of hydrogen-bond donors (Lipinski definition) is 2. The van der Waals surface area contributed by atoms with Gasteiger partial charge in [-0.05, 0) is 38.8 Å². The standard InChI is InChI=1S/C18H28F2N4O/c1-3-21-18(22-10-6-12-25-4-2)23-14-9-11-24(13-14)17-15(19)7-5-8-16(17)20/h5,7-8,14H,3-4,6,9-13H2,1-2H3,(H2,21,22,23). The third-order valence-corrected chi connectivity index (χ3v) is 4.05. The highest BCUT2D eigenvalue weighted by Crippen LogP contribution is 2.26. The number of halogens is 2. The first-order valence-electron chi connectivity index (χ1n) is 8.97. The maximum Gasteiger partial charge on any atom is 0.191 e. The topological polar surface area (TPSA) is 48.9 Å². The van der Waals surface area contributed by atoms with Crippen LogP contribution in [0.3, 0.4) is 0 Å². The number of hydrogen-bond acceptors (Lipinski definition) is 3. The van der Waals surface area contributed by atoms with Gasteiger partial charge in [0.05, 0.1) is 0 Å². The number of aliphatic imine (C=N–C) groups is 1. The van der Waals surface area contributed by atoms with Crippen LogP contribution in [-0.4, -0.2) is 51.4 Å². The maximum atomic E-state index is 13.9. The van der Waals surface area contributed by atoms with Crippen LogP contribution in [0.15, 0.2) is 23.2 Å². The summed E-state index contributed by atoms with van der Waals surface area (Å²) in [5.41, 5.74) is 0.0606. The molecule has 1 aliphatic heterocycles. The summed E-state index contributed by atoms with van der Waals surface area (Å²) in [6.45, 7) is 7.98. The highest BCUT2D eigenvalue weighted by atomic mass is 19.1. The van der Waals surface area contributed by atoms with E-state index >= 15 is 0 Å². The maximum absolute atomic E-state index is 13.9. The molecule has 0 amide bonds. The van der Waals surface area contributed by atoms with Gasteiger partial charge < -0.3 is 20.3 Å². The van der Waals surface area contributed by atoms with Gasteiger partial charge in [-0.1, -0.05) is 6.07 Å². The predicted octanol–water partition coefficient (Wildman–Crippen LogP) is 2.53. The number of guanidine groups is 1. The number of rotatable bonds is 8. The van der Waals surface area contributed by atoms with E-state index < -0.39 is 11.6 Å². The molecule has 140 valence electrons. The molecule has 25 heavy (non-hydrogen) atoms. The summed E-state index contributed by atoms with van der Waals surface area (Å²) in [4.78, 5) is 6.28. The Labute approximate surface area is 148 Å². The van der Waals surface area contributed by atoms with Crippen molar-refractivity contribution in [1.29, 1.82) is 0 Å². The van der Waals surface area contributed by atoms with Gasteiger partial charge >= 0.3 is 0 Å². The second-order valence-corrected chi connectivity index (χ2v) is 5.96. The minimum absolute atomic E-state index is 0.0606. The summed E-state index contributed by atoms with van der Waals surface area (Å²) in [7, 11) is 0. The van der Waals surface area contributed by atoms with Crippen molar-refractivity contribution in [3.05, 3.63) is 29.8 Å². The molecule has 1 aromatic rings. The molecule has 1 atom stereocenters. The third-order valence-electron chi connectivity index (χ3n) is 4.05. The van der Waals surface area contributed by atoms with Crippen LogP contribution in [0, 0.1) is 11.6 Å². The smallest absolute Gasteiger partial charge is 0.191 e. The van der Waals surface area contributed by atoms with Gasteiger partial charge in [0.2, 0.25) is 0 Å². The van der Waals surface area contributed by atoms with Gasteiger partial charge in [-0.25, -0.2) is 8.78 Å². The van der Waals surface area contributed by atoms with E-state index in [0.29, 0.717) is 32.8 Å².